The van der Waals surface area contributed by atoms with Gasteiger partial charge in [-0.3, -0.25) is 0 Å². The number of carbonyl (C=O) groups is 1. The first-order chi connectivity index (χ1) is 15.9. The highest BCUT2D eigenvalue weighted by Crippen LogP contribution is 2.50. The van der Waals surface area contributed by atoms with Crippen LogP contribution in [0.15, 0.2) is 60.7 Å². The Kier molecular flexibility index (Phi) is 6.87. The van der Waals surface area contributed by atoms with Gasteiger partial charge in [-0.05, 0) is 52.6 Å². The molecule has 10 heteroatoms. The van der Waals surface area contributed by atoms with Gasteiger partial charge in [-0.2, -0.15) is 18.4 Å². The van der Waals surface area contributed by atoms with E-state index in [1.165, 1.54) is 36.4 Å². The first kappa shape index (κ1) is 25.0. The number of rotatable bonds is 5. The Morgan fingerprint density at radius 3 is 2.32 bits per heavy atom. The van der Waals surface area contributed by atoms with Crippen molar-refractivity contribution in [2.75, 3.05) is 0 Å². The standard InChI is InChI=1S/C24H16ClF4NO4/c1-13(23(33,24(27,28)29)17-4-2-3-14(9-17)12-30)18-7-5-15(10-19(18)25)16-6-8-20(26)21(11-16)34-22(31)32/h2-11,13,33H,1H3,(H,31,32). The molecule has 3 aromatic carbocycles. The molecule has 0 aromatic heterocycles. The van der Waals surface area contributed by atoms with Crippen LogP contribution in [0.3, 0.4) is 0 Å². The monoisotopic (exact) mass is 493 g/mol. The molecule has 5 nitrogen and oxygen atoms in total. The van der Waals surface area contributed by atoms with Crippen molar-refractivity contribution < 1.29 is 37.3 Å². The molecule has 3 rings (SSSR count). The zero-order chi connectivity index (χ0) is 25.3. The van der Waals surface area contributed by atoms with E-state index < -0.39 is 41.0 Å². The van der Waals surface area contributed by atoms with Crippen molar-refractivity contribution in [3.63, 3.8) is 0 Å². The molecule has 0 spiro atoms. The Bertz CT molecular complexity index is 1290. The molecule has 0 amide bonds. The van der Waals surface area contributed by atoms with Crippen LogP contribution in [0, 0.1) is 17.1 Å². The van der Waals surface area contributed by atoms with Crippen molar-refractivity contribution in [2.24, 2.45) is 0 Å². The van der Waals surface area contributed by atoms with Gasteiger partial charge in [0.2, 0.25) is 0 Å². The Balaban J connectivity index is 2.06. The fraction of sp³-hybridized carbons (Fsp3) is 0.167. The molecule has 34 heavy (non-hydrogen) atoms. The van der Waals surface area contributed by atoms with Crippen molar-refractivity contribution in [2.45, 2.75) is 24.6 Å². The highest BCUT2D eigenvalue weighted by atomic mass is 35.5. The van der Waals surface area contributed by atoms with Crippen LogP contribution in [0.25, 0.3) is 11.1 Å². The maximum absolute atomic E-state index is 14.2. The normalized spacial score (nSPS) is 14.1. The number of hydrogen-bond acceptors (Lipinski definition) is 4. The van der Waals surface area contributed by atoms with Gasteiger partial charge in [0.1, 0.15) is 0 Å². The predicted molar refractivity (Wildman–Crippen MR) is 115 cm³/mol. The fourth-order valence-corrected chi connectivity index (χ4v) is 3.97. The third-order valence-corrected chi connectivity index (χ3v) is 5.75. The van der Waals surface area contributed by atoms with E-state index in [1.54, 1.807) is 6.07 Å². The molecule has 0 bridgehead atoms. The minimum atomic E-state index is -5.11. The topological polar surface area (TPSA) is 90.6 Å². The van der Waals surface area contributed by atoms with Gasteiger partial charge in [-0.15, -0.1) is 0 Å². The van der Waals surface area contributed by atoms with Gasteiger partial charge in [-0.25, -0.2) is 9.18 Å². The SMILES string of the molecule is CC(c1ccc(-c2ccc(F)c(OC(=O)O)c2)cc1Cl)C(O)(c1cccc(C#N)c1)C(F)(F)F. The lowest BCUT2D eigenvalue weighted by Gasteiger charge is -2.37. The third-order valence-electron chi connectivity index (χ3n) is 5.42. The third kappa shape index (κ3) is 4.69. The van der Waals surface area contributed by atoms with Crippen LogP contribution in [0.5, 0.6) is 5.75 Å². The Hall–Kier alpha value is -3.61. The lowest BCUT2D eigenvalue weighted by Crippen LogP contribution is -2.46. The molecule has 0 aliphatic heterocycles. The van der Waals surface area contributed by atoms with Crippen LogP contribution < -0.4 is 4.74 Å². The van der Waals surface area contributed by atoms with Crippen LogP contribution >= 0.6 is 11.6 Å². The van der Waals surface area contributed by atoms with Crippen LogP contribution in [0.4, 0.5) is 22.4 Å². The highest BCUT2D eigenvalue weighted by molar-refractivity contribution is 6.31. The molecule has 0 saturated heterocycles. The van der Waals surface area contributed by atoms with E-state index in [0.29, 0.717) is 11.1 Å². The number of ether oxygens (including phenoxy) is 1. The maximum Gasteiger partial charge on any atom is 0.511 e. The second kappa shape index (κ2) is 9.33. The zero-order valence-corrected chi connectivity index (χ0v) is 18.2. The molecule has 0 saturated carbocycles. The number of alkyl halides is 3. The average molecular weight is 494 g/mol. The molecule has 2 unspecified atom stereocenters. The van der Waals surface area contributed by atoms with Gasteiger partial charge < -0.3 is 14.9 Å². The van der Waals surface area contributed by atoms with Crippen LogP contribution in [0.2, 0.25) is 5.02 Å². The van der Waals surface area contributed by atoms with Crippen molar-refractivity contribution in [3.05, 3.63) is 88.2 Å². The van der Waals surface area contributed by atoms with Crippen molar-refractivity contribution >= 4 is 17.8 Å². The van der Waals surface area contributed by atoms with Gasteiger partial charge in [0.15, 0.2) is 17.2 Å². The Labute approximate surface area is 196 Å². The number of hydrogen-bond donors (Lipinski definition) is 2. The number of benzene rings is 3. The van der Waals surface area contributed by atoms with E-state index in [-0.39, 0.29) is 16.1 Å². The molecule has 176 valence electrons. The van der Waals surface area contributed by atoms with E-state index >= 15 is 0 Å². The summed E-state index contributed by atoms with van der Waals surface area (Å²) >= 11 is 6.30. The second-order valence-corrected chi connectivity index (χ2v) is 7.84. The quantitative estimate of drug-likeness (QED) is 0.236. The highest BCUT2D eigenvalue weighted by Gasteiger charge is 2.59. The number of nitrogens with zero attached hydrogens (tertiary/aromatic N) is 1. The summed E-state index contributed by atoms with van der Waals surface area (Å²) in [6, 6.07) is 13.8. The van der Waals surface area contributed by atoms with E-state index in [9.17, 15) is 27.5 Å². The molecule has 0 aliphatic carbocycles. The molecular weight excluding hydrogens is 478 g/mol. The zero-order valence-electron chi connectivity index (χ0n) is 17.4. The Morgan fingerprint density at radius 2 is 1.74 bits per heavy atom. The summed E-state index contributed by atoms with van der Waals surface area (Å²) in [5, 5.41) is 28.6. The first-order valence-electron chi connectivity index (χ1n) is 9.68. The summed E-state index contributed by atoms with van der Waals surface area (Å²) in [5.41, 5.74) is -3.31. The lowest BCUT2D eigenvalue weighted by atomic mass is 9.77. The number of halogens is 5. The lowest BCUT2D eigenvalue weighted by molar-refractivity contribution is -0.274. The molecule has 0 aliphatic rings. The molecule has 0 heterocycles. The van der Waals surface area contributed by atoms with E-state index in [1.807, 2.05) is 0 Å². The number of carboxylic acid groups (broad SMARTS) is 1. The minimum Gasteiger partial charge on any atom is -0.449 e. The summed E-state index contributed by atoms with van der Waals surface area (Å²) in [6.45, 7) is 1.16. The van der Waals surface area contributed by atoms with Crippen LogP contribution in [0.1, 0.15) is 29.5 Å². The first-order valence-corrected chi connectivity index (χ1v) is 10.1. The van der Waals surface area contributed by atoms with Crippen molar-refractivity contribution in [3.8, 4) is 22.9 Å². The molecule has 3 aromatic rings. The molecule has 0 fully saturated rings. The van der Waals surface area contributed by atoms with E-state index in [2.05, 4.69) is 4.74 Å². The largest absolute Gasteiger partial charge is 0.511 e. The number of nitriles is 1. The van der Waals surface area contributed by atoms with Gasteiger partial charge >= 0.3 is 12.3 Å². The summed E-state index contributed by atoms with van der Waals surface area (Å²) in [6.07, 6.45) is -6.83. The summed E-state index contributed by atoms with van der Waals surface area (Å²) in [7, 11) is 0. The molecule has 2 N–H and O–H groups in total. The maximum atomic E-state index is 14.2. The summed E-state index contributed by atoms with van der Waals surface area (Å²) in [4.78, 5) is 10.7. The van der Waals surface area contributed by atoms with Gasteiger partial charge in [0.25, 0.3) is 0 Å². The van der Waals surface area contributed by atoms with Crippen molar-refractivity contribution in [1.82, 2.24) is 0 Å². The van der Waals surface area contributed by atoms with Crippen LogP contribution in [-0.4, -0.2) is 22.5 Å². The minimum absolute atomic E-state index is 0.0308. The smallest absolute Gasteiger partial charge is 0.449 e. The van der Waals surface area contributed by atoms with Gasteiger partial charge in [0, 0.05) is 10.9 Å². The molecular formula is C24H16ClF4NO4. The van der Waals surface area contributed by atoms with E-state index in [0.717, 1.165) is 31.2 Å². The van der Waals surface area contributed by atoms with Crippen LogP contribution in [-0.2, 0) is 5.60 Å². The van der Waals surface area contributed by atoms with Crippen molar-refractivity contribution in [1.29, 1.82) is 5.26 Å². The Morgan fingerprint density at radius 1 is 1.09 bits per heavy atom. The fourth-order valence-electron chi connectivity index (χ4n) is 3.62. The molecule has 2 atom stereocenters. The predicted octanol–water partition coefficient (Wildman–Crippen LogP) is 6.63. The second-order valence-electron chi connectivity index (χ2n) is 7.43. The molecule has 0 radical (unpaired) electrons. The summed E-state index contributed by atoms with van der Waals surface area (Å²) < 4.78 is 60.6. The van der Waals surface area contributed by atoms with Gasteiger partial charge in [0.05, 0.1) is 11.6 Å². The van der Waals surface area contributed by atoms with Gasteiger partial charge in [-0.1, -0.05) is 48.9 Å². The average Bonchev–Trinajstić information content (AvgIpc) is 2.78. The van der Waals surface area contributed by atoms with E-state index in [4.69, 9.17) is 22.0 Å². The number of aliphatic hydroxyl groups is 1. The summed E-state index contributed by atoms with van der Waals surface area (Å²) in [5.74, 6) is -3.05.